The lowest BCUT2D eigenvalue weighted by molar-refractivity contribution is -0.00123. The molecule has 0 amide bonds. The molecule has 2 unspecified atom stereocenters. The van der Waals surface area contributed by atoms with E-state index in [1.165, 1.54) is 38.5 Å². The summed E-state index contributed by atoms with van der Waals surface area (Å²) in [5.74, 6) is 0.893. The Bertz CT molecular complexity index is 208. The highest BCUT2D eigenvalue weighted by Crippen LogP contribution is 2.30. The zero-order chi connectivity index (χ0) is 12.1. The summed E-state index contributed by atoms with van der Waals surface area (Å²) in [5.41, 5.74) is 0. The summed E-state index contributed by atoms with van der Waals surface area (Å²) in [6, 6.07) is 0.709. The Hall–Kier alpha value is -0.120. The molecule has 100 valence electrons. The van der Waals surface area contributed by atoms with E-state index in [9.17, 15) is 0 Å². The van der Waals surface area contributed by atoms with Crippen molar-refractivity contribution in [1.29, 1.82) is 0 Å². The van der Waals surface area contributed by atoms with Crippen molar-refractivity contribution in [3.8, 4) is 0 Å². The lowest BCUT2D eigenvalue weighted by Gasteiger charge is -2.37. The van der Waals surface area contributed by atoms with Crippen LogP contribution in [0.4, 0.5) is 0 Å². The molecule has 2 atom stereocenters. The van der Waals surface area contributed by atoms with Gasteiger partial charge >= 0.3 is 0 Å². The summed E-state index contributed by atoms with van der Waals surface area (Å²) in [7, 11) is 4.46. The van der Waals surface area contributed by atoms with Gasteiger partial charge in [0.25, 0.3) is 0 Å². The molecule has 1 N–H and O–H groups in total. The number of hydrogen-bond acceptors (Lipinski definition) is 3. The number of ether oxygens (including phenoxy) is 1. The zero-order valence-electron chi connectivity index (χ0n) is 11.5. The fourth-order valence-electron chi connectivity index (χ4n) is 3.38. The Labute approximate surface area is 106 Å². The Morgan fingerprint density at radius 3 is 2.59 bits per heavy atom. The van der Waals surface area contributed by atoms with Crippen LogP contribution in [0.5, 0.6) is 0 Å². The molecule has 1 aliphatic heterocycles. The Balaban J connectivity index is 1.86. The second-order valence-electron chi connectivity index (χ2n) is 5.86. The van der Waals surface area contributed by atoms with Crippen molar-refractivity contribution in [2.45, 2.75) is 50.7 Å². The molecule has 2 rings (SSSR count). The molecular weight excluding hydrogens is 212 g/mol. The molecule has 2 fully saturated rings. The lowest BCUT2D eigenvalue weighted by Crippen LogP contribution is -2.45. The largest absolute Gasteiger partial charge is 0.376 e. The summed E-state index contributed by atoms with van der Waals surface area (Å²) in [6.07, 6.45) is 8.77. The van der Waals surface area contributed by atoms with E-state index in [2.05, 4.69) is 24.3 Å². The van der Waals surface area contributed by atoms with Gasteiger partial charge in [-0.2, -0.15) is 0 Å². The van der Waals surface area contributed by atoms with Gasteiger partial charge < -0.3 is 15.0 Å². The van der Waals surface area contributed by atoms with E-state index in [1.54, 1.807) is 0 Å². The Morgan fingerprint density at radius 1 is 1.24 bits per heavy atom. The molecule has 0 spiro atoms. The van der Waals surface area contributed by atoms with E-state index in [4.69, 9.17) is 4.74 Å². The highest BCUT2D eigenvalue weighted by atomic mass is 16.5. The molecule has 0 aromatic heterocycles. The van der Waals surface area contributed by atoms with Gasteiger partial charge in [0, 0.05) is 19.1 Å². The van der Waals surface area contributed by atoms with Crippen LogP contribution >= 0.6 is 0 Å². The molecule has 1 aliphatic carbocycles. The van der Waals surface area contributed by atoms with Crippen LogP contribution in [-0.4, -0.2) is 50.8 Å². The third-order valence-corrected chi connectivity index (χ3v) is 4.37. The monoisotopic (exact) mass is 240 g/mol. The molecule has 3 heteroatoms. The lowest BCUT2D eigenvalue weighted by atomic mass is 9.81. The van der Waals surface area contributed by atoms with Gasteiger partial charge in [0.1, 0.15) is 0 Å². The van der Waals surface area contributed by atoms with Crippen LogP contribution in [0.2, 0.25) is 0 Å². The first kappa shape index (κ1) is 13.3. The first-order valence-electron chi connectivity index (χ1n) is 7.26. The molecule has 2 aliphatic rings. The SMILES string of the molecule is CN(C)C(CC1CNCCO1)C1CCCCC1. The smallest absolute Gasteiger partial charge is 0.0715 e. The van der Waals surface area contributed by atoms with Gasteiger partial charge in [0.15, 0.2) is 0 Å². The van der Waals surface area contributed by atoms with E-state index >= 15 is 0 Å². The predicted molar refractivity (Wildman–Crippen MR) is 71.3 cm³/mol. The van der Waals surface area contributed by atoms with Crippen molar-refractivity contribution in [2.24, 2.45) is 5.92 Å². The Morgan fingerprint density at radius 2 is 2.00 bits per heavy atom. The van der Waals surface area contributed by atoms with Gasteiger partial charge in [-0.3, -0.25) is 0 Å². The van der Waals surface area contributed by atoms with E-state index in [-0.39, 0.29) is 0 Å². The van der Waals surface area contributed by atoms with Crippen LogP contribution in [0, 0.1) is 5.92 Å². The summed E-state index contributed by atoms with van der Waals surface area (Å²) >= 11 is 0. The molecule has 1 saturated carbocycles. The normalized spacial score (nSPS) is 29.5. The van der Waals surface area contributed by atoms with E-state index < -0.39 is 0 Å². The van der Waals surface area contributed by atoms with Crippen molar-refractivity contribution in [3.05, 3.63) is 0 Å². The number of nitrogens with one attached hydrogen (secondary N) is 1. The zero-order valence-corrected chi connectivity index (χ0v) is 11.5. The van der Waals surface area contributed by atoms with Crippen molar-refractivity contribution in [3.63, 3.8) is 0 Å². The van der Waals surface area contributed by atoms with Crippen molar-refractivity contribution < 1.29 is 4.74 Å². The fraction of sp³-hybridized carbons (Fsp3) is 1.00. The molecule has 0 bridgehead atoms. The minimum absolute atomic E-state index is 0.429. The minimum Gasteiger partial charge on any atom is -0.376 e. The summed E-state index contributed by atoms with van der Waals surface area (Å²) in [6.45, 7) is 2.94. The quantitative estimate of drug-likeness (QED) is 0.812. The number of rotatable bonds is 4. The van der Waals surface area contributed by atoms with Gasteiger partial charge in [-0.1, -0.05) is 19.3 Å². The molecule has 1 saturated heterocycles. The van der Waals surface area contributed by atoms with E-state index in [1.807, 2.05) is 0 Å². The second-order valence-corrected chi connectivity index (χ2v) is 5.86. The standard InChI is InChI=1S/C14H28N2O/c1-16(2)14(12-6-4-3-5-7-12)10-13-11-15-8-9-17-13/h12-15H,3-11H2,1-2H3. The maximum Gasteiger partial charge on any atom is 0.0715 e. The van der Waals surface area contributed by atoms with Gasteiger partial charge in [-0.05, 0) is 39.3 Å². The van der Waals surface area contributed by atoms with Gasteiger partial charge in [-0.25, -0.2) is 0 Å². The predicted octanol–water partition coefficient (Wildman–Crippen LogP) is 1.88. The number of hydrogen-bond donors (Lipinski definition) is 1. The van der Waals surface area contributed by atoms with E-state index in [0.717, 1.165) is 25.6 Å². The molecule has 0 aromatic rings. The molecule has 0 radical (unpaired) electrons. The fourth-order valence-corrected chi connectivity index (χ4v) is 3.38. The van der Waals surface area contributed by atoms with Crippen LogP contribution in [0.15, 0.2) is 0 Å². The van der Waals surface area contributed by atoms with Crippen LogP contribution in [-0.2, 0) is 4.74 Å². The van der Waals surface area contributed by atoms with Gasteiger partial charge in [0.05, 0.1) is 12.7 Å². The van der Waals surface area contributed by atoms with Crippen molar-refractivity contribution in [1.82, 2.24) is 10.2 Å². The van der Waals surface area contributed by atoms with Crippen molar-refractivity contribution >= 4 is 0 Å². The highest BCUT2D eigenvalue weighted by Gasteiger charge is 2.28. The number of morpholine rings is 1. The van der Waals surface area contributed by atoms with Crippen molar-refractivity contribution in [2.75, 3.05) is 33.8 Å². The van der Waals surface area contributed by atoms with Gasteiger partial charge in [-0.15, -0.1) is 0 Å². The Kier molecular flexibility index (Phi) is 5.26. The van der Waals surface area contributed by atoms with E-state index in [0.29, 0.717) is 12.1 Å². The molecule has 3 nitrogen and oxygen atoms in total. The van der Waals surface area contributed by atoms with Crippen LogP contribution in [0.25, 0.3) is 0 Å². The van der Waals surface area contributed by atoms with Crippen LogP contribution in [0.1, 0.15) is 38.5 Å². The third-order valence-electron chi connectivity index (χ3n) is 4.37. The number of nitrogens with zero attached hydrogens (tertiary/aromatic N) is 1. The summed E-state index contributed by atoms with van der Waals surface area (Å²) < 4.78 is 5.86. The molecule has 17 heavy (non-hydrogen) atoms. The average molecular weight is 240 g/mol. The van der Waals surface area contributed by atoms with Crippen LogP contribution < -0.4 is 5.32 Å². The van der Waals surface area contributed by atoms with Gasteiger partial charge in [0.2, 0.25) is 0 Å². The second kappa shape index (κ2) is 6.72. The average Bonchev–Trinajstić information content (AvgIpc) is 2.38. The molecular formula is C14H28N2O. The topological polar surface area (TPSA) is 24.5 Å². The maximum absolute atomic E-state index is 5.86. The third kappa shape index (κ3) is 3.94. The minimum atomic E-state index is 0.429. The summed E-state index contributed by atoms with van der Waals surface area (Å²) in [4.78, 5) is 2.42. The summed E-state index contributed by atoms with van der Waals surface area (Å²) in [5, 5.41) is 3.44. The first-order chi connectivity index (χ1) is 8.27. The first-order valence-corrected chi connectivity index (χ1v) is 7.26. The molecule has 1 heterocycles. The van der Waals surface area contributed by atoms with Crippen LogP contribution in [0.3, 0.4) is 0 Å². The highest BCUT2D eigenvalue weighted by molar-refractivity contribution is 4.83. The molecule has 0 aromatic carbocycles. The maximum atomic E-state index is 5.86.